The van der Waals surface area contributed by atoms with Crippen molar-refractivity contribution in [1.29, 1.82) is 0 Å². The number of aliphatic carboxylic acids is 1. The number of urea groups is 1. The Hall–Kier alpha value is -2.28. The van der Waals surface area contributed by atoms with E-state index in [2.05, 4.69) is 10.6 Å². The number of halogens is 1. The fraction of sp³-hybridized carbons (Fsp3) is 0.357. The summed E-state index contributed by atoms with van der Waals surface area (Å²) < 4.78 is 0. The summed E-state index contributed by atoms with van der Waals surface area (Å²) in [6, 6.07) is 6.52. The molecule has 1 unspecified atom stereocenters. The second-order valence-electron chi connectivity index (χ2n) is 4.68. The van der Waals surface area contributed by atoms with Crippen LogP contribution in [0.4, 0.5) is 4.79 Å². The summed E-state index contributed by atoms with van der Waals surface area (Å²) in [6.45, 7) is 0.0480. The zero-order valence-corrected chi connectivity index (χ0v) is 12.6. The highest BCUT2D eigenvalue weighted by atomic mass is 35.5. The minimum atomic E-state index is -1.01. The molecule has 0 bridgehead atoms. The number of hydrogen-bond acceptors (Lipinski definition) is 3. The van der Waals surface area contributed by atoms with Gasteiger partial charge in [0, 0.05) is 18.1 Å². The van der Waals surface area contributed by atoms with Crippen LogP contribution >= 0.6 is 11.6 Å². The van der Waals surface area contributed by atoms with Crippen LogP contribution in [0.15, 0.2) is 24.3 Å². The molecule has 0 spiro atoms. The molecule has 1 rings (SSSR count). The van der Waals surface area contributed by atoms with Crippen molar-refractivity contribution >= 4 is 29.5 Å². The van der Waals surface area contributed by atoms with Gasteiger partial charge < -0.3 is 21.5 Å². The Morgan fingerprint density at radius 3 is 2.50 bits per heavy atom. The molecule has 120 valence electrons. The summed E-state index contributed by atoms with van der Waals surface area (Å²) in [4.78, 5) is 33.3. The summed E-state index contributed by atoms with van der Waals surface area (Å²) in [5, 5.41) is 13.9. The van der Waals surface area contributed by atoms with E-state index in [0.29, 0.717) is 11.4 Å². The number of primary amides is 1. The predicted octanol–water partition coefficient (Wildman–Crippen LogP) is 0.758. The van der Waals surface area contributed by atoms with E-state index in [0.717, 1.165) is 5.56 Å². The fourth-order valence-electron chi connectivity index (χ4n) is 1.76. The molecular weight excluding hydrogens is 310 g/mol. The minimum Gasteiger partial charge on any atom is -0.481 e. The van der Waals surface area contributed by atoms with E-state index in [1.54, 1.807) is 24.3 Å². The molecule has 22 heavy (non-hydrogen) atoms. The van der Waals surface area contributed by atoms with E-state index in [-0.39, 0.29) is 19.5 Å². The number of rotatable bonds is 8. The lowest BCUT2D eigenvalue weighted by molar-refractivity contribution is -0.136. The molecule has 0 aliphatic carbocycles. The van der Waals surface area contributed by atoms with Gasteiger partial charge in [0.2, 0.25) is 5.91 Å². The van der Waals surface area contributed by atoms with Crippen molar-refractivity contribution < 1.29 is 19.5 Å². The molecule has 0 radical (unpaired) electrons. The maximum absolute atomic E-state index is 11.5. The molecule has 0 heterocycles. The van der Waals surface area contributed by atoms with Gasteiger partial charge in [-0.1, -0.05) is 29.8 Å². The second kappa shape index (κ2) is 8.89. The third kappa shape index (κ3) is 6.45. The Balaban J connectivity index is 2.48. The number of benzene rings is 1. The molecule has 0 saturated heterocycles. The zero-order chi connectivity index (χ0) is 16.5. The summed E-state index contributed by atoms with van der Waals surface area (Å²) in [5.74, 6) is -2.16. The van der Waals surface area contributed by atoms with Gasteiger partial charge in [0.1, 0.15) is 0 Å². The number of nitrogens with one attached hydrogen (secondary N) is 2. The molecule has 0 aliphatic heterocycles. The Morgan fingerprint density at radius 1 is 1.23 bits per heavy atom. The van der Waals surface area contributed by atoms with Crippen LogP contribution in [0.3, 0.4) is 0 Å². The van der Waals surface area contributed by atoms with E-state index in [1.807, 2.05) is 0 Å². The molecule has 8 heteroatoms. The summed E-state index contributed by atoms with van der Waals surface area (Å²) >= 11 is 6.03. The largest absolute Gasteiger partial charge is 0.481 e. The zero-order valence-electron chi connectivity index (χ0n) is 11.8. The number of carbonyl (C=O) groups is 3. The quantitative estimate of drug-likeness (QED) is 0.563. The van der Waals surface area contributed by atoms with Crippen molar-refractivity contribution in [3.63, 3.8) is 0 Å². The van der Waals surface area contributed by atoms with Gasteiger partial charge in [0.25, 0.3) is 0 Å². The Morgan fingerprint density at radius 2 is 1.91 bits per heavy atom. The first-order valence-corrected chi connectivity index (χ1v) is 7.04. The van der Waals surface area contributed by atoms with Crippen LogP contribution in [0.2, 0.25) is 5.02 Å². The number of amides is 3. The number of nitrogens with two attached hydrogens (primary N) is 1. The Kier molecular flexibility index (Phi) is 7.18. The number of carboxylic acid groups (broad SMARTS) is 1. The first kappa shape index (κ1) is 17.8. The molecule has 3 amide bonds. The van der Waals surface area contributed by atoms with Crippen molar-refractivity contribution in [3.05, 3.63) is 34.9 Å². The van der Waals surface area contributed by atoms with Gasteiger partial charge in [0.05, 0.1) is 12.3 Å². The Bertz CT molecular complexity index is 551. The molecule has 0 aromatic heterocycles. The second-order valence-corrected chi connectivity index (χ2v) is 5.08. The molecule has 7 nitrogen and oxygen atoms in total. The van der Waals surface area contributed by atoms with Crippen molar-refractivity contribution in [2.45, 2.75) is 12.8 Å². The van der Waals surface area contributed by atoms with Crippen LogP contribution in [0.1, 0.15) is 12.0 Å². The van der Waals surface area contributed by atoms with E-state index >= 15 is 0 Å². The normalized spacial score (nSPS) is 11.5. The summed E-state index contributed by atoms with van der Waals surface area (Å²) in [7, 11) is 0. The van der Waals surface area contributed by atoms with Crippen LogP contribution in [-0.4, -0.2) is 36.1 Å². The van der Waals surface area contributed by atoms with Crippen molar-refractivity contribution in [2.24, 2.45) is 11.7 Å². The van der Waals surface area contributed by atoms with Gasteiger partial charge in [-0.25, -0.2) is 4.79 Å². The van der Waals surface area contributed by atoms with Crippen LogP contribution in [0.5, 0.6) is 0 Å². The first-order valence-electron chi connectivity index (χ1n) is 6.66. The van der Waals surface area contributed by atoms with Gasteiger partial charge in [0.15, 0.2) is 0 Å². The third-order valence-electron chi connectivity index (χ3n) is 2.96. The van der Waals surface area contributed by atoms with Gasteiger partial charge in [-0.15, -0.1) is 0 Å². The average Bonchev–Trinajstić information content (AvgIpc) is 2.44. The molecular formula is C14H18ClN3O4. The molecule has 1 aromatic carbocycles. The number of hydrogen-bond donors (Lipinski definition) is 4. The fourth-order valence-corrected chi connectivity index (χ4v) is 1.98. The Labute approximate surface area is 132 Å². The van der Waals surface area contributed by atoms with Crippen molar-refractivity contribution in [2.75, 3.05) is 13.1 Å². The van der Waals surface area contributed by atoms with E-state index < -0.39 is 23.8 Å². The average molecular weight is 328 g/mol. The molecule has 0 fully saturated rings. The molecule has 0 aliphatic rings. The smallest absolute Gasteiger partial charge is 0.314 e. The van der Waals surface area contributed by atoms with Gasteiger partial charge in [-0.3, -0.25) is 9.59 Å². The first-order chi connectivity index (χ1) is 10.4. The topological polar surface area (TPSA) is 122 Å². The maximum Gasteiger partial charge on any atom is 0.314 e. The molecule has 1 atom stereocenters. The summed E-state index contributed by atoms with van der Waals surface area (Å²) in [5.41, 5.74) is 6.09. The van der Waals surface area contributed by atoms with Gasteiger partial charge in [-0.05, 0) is 18.1 Å². The van der Waals surface area contributed by atoms with Crippen LogP contribution in [0, 0.1) is 5.92 Å². The van der Waals surface area contributed by atoms with Crippen LogP contribution in [-0.2, 0) is 16.0 Å². The lowest BCUT2D eigenvalue weighted by atomic mass is 9.98. The van der Waals surface area contributed by atoms with Gasteiger partial charge >= 0.3 is 12.0 Å². The monoisotopic (exact) mass is 327 g/mol. The van der Waals surface area contributed by atoms with Gasteiger partial charge in [-0.2, -0.15) is 0 Å². The third-order valence-corrected chi connectivity index (χ3v) is 3.33. The molecule has 0 saturated carbocycles. The predicted molar refractivity (Wildman–Crippen MR) is 81.5 cm³/mol. The molecule has 5 N–H and O–H groups in total. The standard InChI is InChI=1S/C14H18ClN3O4/c15-11-4-2-1-3-9(11)7-10(13(16)21)8-18-14(22)17-6-5-12(19)20/h1-4,10H,5-8H2,(H2,16,21)(H,19,20)(H2,17,18,22). The van der Waals surface area contributed by atoms with Crippen molar-refractivity contribution in [1.82, 2.24) is 10.6 Å². The van der Waals surface area contributed by atoms with E-state index in [4.69, 9.17) is 22.4 Å². The van der Waals surface area contributed by atoms with Crippen LogP contribution < -0.4 is 16.4 Å². The SMILES string of the molecule is NC(=O)C(CNC(=O)NCCC(=O)O)Cc1ccccc1Cl. The van der Waals surface area contributed by atoms with Crippen LogP contribution in [0.25, 0.3) is 0 Å². The summed E-state index contributed by atoms with van der Waals surface area (Å²) in [6.07, 6.45) is 0.136. The highest BCUT2D eigenvalue weighted by Gasteiger charge is 2.18. The highest BCUT2D eigenvalue weighted by molar-refractivity contribution is 6.31. The number of carbonyl (C=O) groups excluding carboxylic acids is 2. The number of carboxylic acids is 1. The minimum absolute atomic E-state index is 0.00686. The highest BCUT2D eigenvalue weighted by Crippen LogP contribution is 2.18. The lowest BCUT2D eigenvalue weighted by Gasteiger charge is -2.15. The molecule has 1 aromatic rings. The van der Waals surface area contributed by atoms with E-state index in [9.17, 15) is 14.4 Å². The van der Waals surface area contributed by atoms with E-state index in [1.165, 1.54) is 0 Å². The van der Waals surface area contributed by atoms with Crippen molar-refractivity contribution in [3.8, 4) is 0 Å². The lowest BCUT2D eigenvalue weighted by Crippen LogP contribution is -2.42. The maximum atomic E-state index is 11.5.